The van der Waals surface area contributed by atoms with E-state index < -0.39 is 195 Å². The van der Waals surface area contributed by atoms with Gasteiger partial charge in [-0.25, -0.2) is 61.5 Å². The summed E-state index contributed by atoms with van der Waals surface area (Å²) in [5.74, 6) is -60.7. The van der Waals surface area contributed by atoms with Crippen LogP contribution >= 0.6 is 7.26 Å². The molecule has 0 heterocycles. The van der Waals surface area contributed by atoms with Gasteiger partial charge in [0.1, 0.15) is 0 Å². The highest BCUT2D eigenvalue weighted by atomic mass is 31.2. The molecule has 1 aliphatic carbocycles. The molecule has 0 saturated carbocycles. The standard InChI is InChI=1S/C48H28F20P/c1-16-10-7-11-17(2)22(16)46(67)44(65)40(64)45(66)47(23-18(3)12-8-13-19(23)4,48(46,68)24-20(5)14-9-15-21(24)6)69(41-34(58)28(52)25(49)29(53)35(41)59,42-36(60)30(54)26(50)31(55)37(42)61)43-38(62)32(56)27(51)33(57)39(43)63/h7-15,44H,1-6H3/q+1. The Hall–Kier alpha value is -5.91. The molecular weight excluding hydrogens is 987 g/mol. The molecule has 0 nitrogen and oxygen atoms in total. The van der Waals surface area contributed by atoms with E-state index in [1.54, 1.807) is 0 Å². The van der Waals surface area contributed by atoms with E-state index in [9.17, 15) is 0 Å². The Labute approximate surface area is 378 Å². The van der Waals surface area contributed by atoms with E-state index in [1.165, 1.54) is 0 Å². The van der Waals surface area contributed by atoms with Crippen LogP contribution in [0, 0.1) is 129 Å². The molecule has 4 atom stereocenters. The molecule has 69 heavy (non-hydrogen) atoms. The van der Waals surface area contributed by atoms with Crippen LogP contribution in [0.15, 0.2) is 66.3 Å². The van der Waals surface area contributed by atoms with Crippen molar-refractivity contribution < 1.29 is 87.8 Å². The molecule has 4 unspecified atom stereocenters. The van der Waals surface area contributed by atoms with Crippen LogP contribution in [0.4, 0.5) is 87.8 Å². The van der Waals surface area contributed by atoms with E-state index >= 15 is 87.8 Å². The SMILES string of the molecule is Cc1cccc(C)c1C1(F)C(F)C(F)=C(F)C(c2c(C)cccc2C)([P+](c2c(F)c(F)c(F)c(F)c2F)(c2c(F)c(F)c(F)c(F)c2F)c2c(F)c(F)c(F)c(F)c2F)C1(F)c1c(C)cccc1C. The first kappa shape index (κ1) is 51.0. The number of hydrogen-bond acceptors (Lipinski definition) is 0. The van der Waals surface area contributed by atoms with Crippen LogP contribution in [0.3, 0.4) is 0 Å². The number of aryl methyl sites for hydroxylation is 6. The van der Waals surface area contributed by atoms with E-state index in [1.807, 2.05) is 0 Å². The Morgan fingerprint density at radius 1 is 0.348 bits per heavy atom. The van der Waals surface area contributed by atoms with Crippen molar-refractivity contribution in [3.05, 3.63) is 204 Å². The quantitative estimate of drug-likeness (QED) is 0.0647. The first-order valence-electron chi connectivity index (χ1n) is 19.8. The van der Waals surface area contributed by atoms with Crippen molar-refractivity contribution >= 4 is 23.2 Å². The lowest BCUT2D eigenvalue weighted by Gasteiger charge is -2.59. The summed E-state index contributed by atoms with van der Waals surface area (Å²) in [5.41, 5.74) is -21.6. The van der Waals surface area contributed by atoms with Gasteiger partial charge in [0.15, 0.2) is 41.0 Å². The minimum absolute atomic E-state index is 0.616. The van der Waals surface area contributed by atoms with Crippen molar-refractivity contribution in [2.75, 3.05) is 0 Å². The number of allylic oxidation sites excluding steroid dienone is 2. The Morgan fingerprint density at radius 2 is 0.580 bits per heavy atom. The Bertz CT molecular complexity index is 2920. The molecule has 7 rings (SSSR count). The van der Waals surface area contributed by atoms with Crippen molar-refractivity contribution in [3.63, 3.8) is 0 Å². The molecule has 1 aliphatic rings. The van der Waals surface area contributed by atoms with Gasteiger partial charge in [-0.1, -0.05) is 54.6 Å². The molecule has 6 aromatic rings. The Kier molecular flexibility index (Phi) is 12.5. The van der Waals surface area contributed by atoms with Gasteiger partial charge in [-0.3, -0.25) is 0 Å². The maximum Gasteiger partial charge on any atom is 0.228 e. The van der Waals surface area contributed by atoms with Crippen LogP contribution < -0.4 is 15.9 Å². The number of halogens is 20. The zero-order valence-electron chi connectivity index (χ0n) is 35.8. The average Bonchev–Trinajstić information content (AvgIpc) is 3.29. The van der Waals surface area contributed by atoms with Gasteiger partial charge in [-0.15, -0.1) is 0 Å². The smallest absolute Gasteiger partial charge is 0.228 e. The zero-order chi connectivity index (χ0) is 51.7. The number of alkyl halides is 3. The van der Waals surface area contributed by atoms with Crippen molar-refractivity contribution in [1.29, 1.82) is 0 Å². The van der Waals surface area contributed by atoms with Gasteiger partial charge >= 0.3 is 0 Å². The molecule has 0 spiro atoms. The van der Waals surface area contributed by atoms with Gasteiger partial charge in [-0.05, 0) is 74.9 Å². The van der Waals surface area contributed by atoms with Crippen LogP contribution in [0.25, 0.3) is 0 Å². The van der Waals surface area contributed by atoms with E-state index in [0.717, 1.165) is 70.2 Å². The predicted molar refractivity (Wildman–Crippen MR) is 214 cm³/mol. The third-order valence-electron chi connectivity index (χ3n) is 12.7. The van der Waals surface area contributed by atoms with Gasteiger partial charge in [0.2, 0.25) is 104 Å². The van der Waals surface area contributed by atoms with Crippen molar-refractivity contribution in [3.8, 4) is 0 Å². The first-order chi connectivity index (χ1) is 32.0. The van der Waals surface area contributed by atoms with E-state index in [4.69, 9.17) is 0 Å². The van der Waals surface area contributed by atoms with Crippen molar-refractivity contribution in [2.24, 2.45) is 0 Å². The molecule has 0 bridgehead atoms. The summed E-state index contributed by atoms with van der Waals surface area (Å²) in [6, 6.07) is 7.34. The lowest BCUT2D eigenvalue weighted by Crippen LogP contribution is -2.70. The van der Waals surface area contributed by atoms with Gasteiger partial charge < -0.3 is 0 Å². The number of benzene rings is 6. The molecule has 0 aromatic heterocycles. The molecular formula is C48H28F20P+. The molecule has 0 radical (unpaired) electrons. The van der Waals surface area contributed by atoms with Gasteiger partial charge in [-0.2, -0.15) is 26.3 Å². The highest BCUT2D eigenvalue weighted by Crippen LogP contribution is 2.86. The highest BCUT2D eigenvalue weighted by Gasteiger charge is 2.90. The topological polar surface area (TPSA) is 0 Å². The lowest BCUT2D eigenvalue weighted by molar-refractivity contribution is -0.134. The van der Waals surface area contributed by atoms with E-state index in [2.05, 4.69) is 0 Å². The van der Waals surface area contributed by atoms with E-state index in [-0.39, 0.29) is 0 Å². The second kappa shape index (κ2) is 16.9. The van der Waals surface area contributed by atoms with Crippen LogP contribution in [0.1, 0.15) is 50.1 Å². The maximum absolute atomic E-state index is 21.6. The molecule has 21 heteroatoms. The summed E-state index contributed by atoms with van der Waals surface area (Å²) in [4.78, 5) is 0. The van der Waals surface area contributed by atoms with E-state index in [0.29, 0.717) is 26.0 Å². The normalized spacial score (nSPS) is 20.9. The summed E-state index contributed by atoms with van der Waals surface area (Å²) in [7, 11) is -8.80. The minimum Gasteiger partial charge on any atom is -0.235 e. The molecule has 0 amide bonds. The highest BCUT2D eigenvalue weighted by molar-refractivity contribution is 7.97. The van der Waals surface area contributed by atoms with Gasteiger partial charge in [0.25, 0.3) is 0 Å². The average molecular weight is 1020 g/mol. The Balaban J connectivity index is 2.18. The fourth-order valence-electron chi connectivity index (χ4n) is 10.2. The summed E-state index contributed by atoms with van der Waals surface area (Å²) >= 11 is 0. The molecule has 6 aromatic carbocycles. The number of hydrogen-bond donors (Lipinski definition) is 0. The predicted octanol–water partition coefficient (Wildman–Crippen LogP) is 14.0. The Morgan fingerprint density at radius 3 is 0.855 bits per heavy atom. The van der Waals surface area contributed by atoms with Crippen LogP contribution in [-0.4, -0.2) is 6.17 Å². The maximum atomic E-state index is 21.6. The molecule has 364 valence electrons. The summed E-state index contributed by atoms with van der Waals surface area (Å²) in [5, 5.41) is -16.4. The molecule has 0 N–H and O–H groups in total. The zero-order valence-corrected chi connectivity index (χ0v) is 36.7. The fraction of sp³-hybridized carbons (Fsp3) is 0.208. The largest absolute Gasteiger partial charge is 0.235 e. The second-order valence-corrected chi connectivity index (χ2v) is 19.7. The van der Waals surface area contributed by atoms with Crippen molar-refractivity contribution in [1.82, 2.24) is 0 Å². The first-order valence-corrected chi connectivity index (χ1v) is 21.6. The monoisotopic (exact) mass is 1020 g/mol. The van der Waals surface area contributed by atoms with Crippen LogP contribution in [0.5, 0.6) is 0 Å². The minimum atomic E-state index is -8.80. The summed E-state index contributed by atoms with van der Waals surface area (Å²) in [6.07, 6.45) is -4.58. The molecule has 0 fully saturated rings. The van der Waals surface area contributed by atoms with Crippen LogP contribution in [0.2, 0.25) is 0 Å². The molecule has 0 saturated heterocycles. The number of rotatable bonds is 7. The summed E-state index contributed by atoms with van der Waals surface area (Å²) in [6.45, 7) is 4.42. The van der Waals surface area contributed by atoms with Crippen LogP contribution in [-0.2, 0) is 16.5 Å². The third-order valence-corrected chi connectivity index (χ3v) is 17.6. The third kappa shape index (κ3) is 6.14. The van der Waals surface area contributed by atoms with Crippen molar-refractivity contribution in [2.45, 2.75) is 64.2 Å². The lowest BCUT2D eigenvalue weighted by atomic mass is 9.57. The fourth-order valence-corrected chi connectivity index (χ4v) is 16.0. The summed E-state index contributed by atoms with van der Waals surface area (Å²) < 4.78 is 345. The second-order valence-electron chi connectivity index (χ2n) is 16.3. The van der Waals surface area contributed by atoms with Gasteiger partial charge in [0.05, 0.1) is 0 Å². The van der Waals surface area contributed by atoms with Gasteiger partial charge in [0, 0.05) is 16.7 Å². The molecule has 0 aliphatic heterocycles.